The molecule has 0 amide bonds. The number of ether oxygens (including phenoxy) is 2. The molecule has 0 saturated heterocycles. The van der Waals surface area contributed by atoms with Gasteiger partial charge >= 0.3 is 0 Å². The number of nitrogens with one attached hydrogen (secondary N) is 1. The molecule has 0 unspecified atom stereocenters. The van der Waals surface area contributed by atoms with Gasteiger partial charge in [-0.1, -0.05) is 0 Å². The van der Waals surface area contributed by atoms with E-state index >= 15 is 0 Å². The molecule has 0 fully saturated rings. The van der Waals surface area contributed by atoms with E-state index in [0.717, 1.165) is 16.9 Å². The Balaban J connectivity index is 2.26. The van der Waals surface area contributed by atoms with E-state index in [1.165, 1.54) is 0 Å². The van der Waals surface area contributed by atoms with Gasteiger partial charge in [-0.3, -0.25) is 0 Å². The van der Waals surface area contributed by atoms with Crippen molar-refractivity contribution in [1.29, 1.82) is 5.26 Å². The number of methoxy groups -OCH3 is 2. The molecule has 0 heterocycles. The Morgan fingerprint density at radius 1 is 0.950 bits per heavy atom. The predicted octanol–water partition coefficient (Wildman–Crippen LogP) is 3.63. The van der Waals surface area contributed by atoms with Crippen LogP contribution in [-0.4, -0.2) is 14.2 Å². The Morgan fingerprint density at radius 3 is 2.20 bits per heavy atom. The van der Waals surface area contributed by atoms with E-state index in [1.54, 1.807) is 20.3 Å². The Labute approximate surface area is 118 Å². The maximum Gasteiger partial charge on any atom is 0.162 e. The summed E-state index contributed by atoms with van der Waals surface area (Å²) in [5.41, 5.74) is 3.45. The van der Waals surface area contributed by atoms with Crippen molar-refractivity contribution < 1.29 is 9.47 Å². The van der Waals surface area contributed by atoms with Crippen LogP contribution >= 0.6 is 0 Å². The number of nitriles is 1. The molecule has 102 valence electrons. The van der Waals surface area contributed by atoms with Crippen LogP contribution in [0.2, 0.25) is 0 Å². The molecular formula is C16H16N2O2. The van der Waals surface area contributed by atoms with Crippen LogP contribution in [0, 0.1) is 18.3 Å². The Bertz CT molecular complexity index is 660. The highest BCUT2D eigenvalue weighted by Gasteiger charge is 2.05. The predicted molar refractivity (Wildman–Crippen MR) is 78.7 cm³/mol. The van der Waals surface area contributed by atoms with Crippen molar-refractivity contribution in [3.63, 3.8) is 0 Å². The average Bonchev–Trinajstić information content (AvgIpc) is 2.47. The molecule has 0 aliphatic rings. The van der Waals surface area contributed by atoms with Crippen molar-refractivity contribution in [3.05, 3.63) is 47.5 Å². The number of hydrogen-bond donors (Lipinski definition) is 1. The minimum absolute atomic E-state index is 0.669. The highest BCUT2D eigenvalue weighted by molar-refractivity contribution is 5.65. The lowest BCUT2D eigenvalue weighted by molar-refractivity contribution is 0.355. The smallest absolute Gasteiger partial charge is 0.162 e. The molecule has 20 heavy (non-hydrogen) atoms. The van der Waals surface area contributed by atoms with Gasteiger partial charge in [0.2, 0.25) is 0 Å². The normalized spacial score (nSPS) is 9.70. The molecular weight excluding hydrogens is 252 g/mol. The molecule has 1 N–H and O–H groups in total. The van der Waals surface area contributed by atoms with Gasteiger partial charge in [0.1, 0.15) is 0 Å². The summed E-state index contributed by atoms with van der Waals surface area (Å²) in [5.74, 6) is 1.36. The molecule has 4 nitrogen and oxygen atoms in total. The Morgan fingerprint density at radius 2 is 1.60 bits per heavy atom. The summed E-state index contributed by atoms with van der Waals surface area (Å²) in [4.78, 5) is 0. The first-order valence-electron chi connectivity index (χ1n) is 6.17. The minimum atomic E-state index is 0.669. The van der Waals surface area contributed by atoms with Crippen LogP contribution in [0.3, 0.4) is 0 Å². The second kappa shape index (κ2) is 5.98. The standard InChI is InChI=1S/C16H16N2O2/c1-11-8-13(5-4-12(11)10-17)18-14-6-7-15(19-2)16(9-14)20-3/h4-9,18H,1-3H3. The van der Waals surface area contributed by atoms with Crippen LogP contribution in [0.25, 0.3) is 0 Å². The minimum Gasteiger partial charge on any atom is -0.493 e. The van der Waals surface area contributed by atoms with Crippen LogP contribution in [0.5, 0.6) is 11.5 Å². The highest BCUT2D eigenvalue weighted by Crippen LogP contribution is 2.31. The first kappa shape index (κ1) is 13.8. The van der Waals surface area contributed by atoms with Crippen molar-refractivity contribution in [2.24, 2.45) is 0 Å². The van der Waals surface area contributed by atoms with Gasteiger partial charge in [0, 0.05) is 17.4 Å². The molecule has 0 aliphatic heterocycles. The van der Waals surface area contributed by atoms with Gasteiger partial charge in [-0.15, -0.1) is 0 Å². The van der Waals surface area contributed by atoms with E-state index in [0.29, 0.717) is 17.1 Å². The van der Waals surface area contributed by atoms with E-state index in [4.69, 9.17) is 14.7 Å². The topological polar surface area (TPSA) is 54.3 Å². The molecule has 0 aliphatic carbocycles. The molecule has 0 spiro atoms. The van der Waals surface area contributed by atoms with Gasteiger partial charge in [0.05, 0.1) is 25.9 Å². The first-order chi connectivity index (χ1) is 9.67. The zero-order valence-corrected chi connectivity index (χ0v) is 11.7. The van der Waals surface area contributed by atoms with E-state index in [1.807, 2.05) is 37.3 Å². The maximum atomic E-state index is 8.92. The van der Waals surface area contributed by atoms with Gasteiger partial charge in [-0.05, 0) is 42.8 Å². The molecule has 2 rings (SSSR count). The van der Waals surface area contributed by atoms with Crippen LogP contribution in [0.1, 0.15) is 11.1 Å². The highest BCUT2D eigenvalue weighted by atomic mass is 16.5. The Hall–Kier alpha value is -2.67. The van der Waals surface area contributed by atoms with Crippen molar-refractivity contribution in [2.75, 3.05) is 19.5 Å². The Kier molecular flexibility index (Phi) is 4.11. The van der Waals surface area contributed by atoms with Crippen LogP contribution in [0.15, 0.2) is 36.4 Å². The number of anilines is 2. The molecule has 0 radical (unpaired) electrons. The van der Waals surface area contributed by atoms with Gasteiger partial charge in [-0.2, -0.15) is 5.26 Å². The van der Waals surface area contributed by atoms with E-state index < -0.39 is 0 Å². The van der Waals surface area contributed by atoms with Gasteiger partial charge < -0.3 is 14.8 Å². The zero-order chi connectivity index (χ0) is 14.5. The molecule has 4 heteroatoms. The van der Waals surface area contributed by atoms with Crippen molar-refractivity contribution in [3.8, 4) is 17.6 Å². The number of benzene rings is 2. The summed E-state index contributed by atoms with van der Waals surface area (Å²) in [5, 5.41) is 12.2. The largest absolute Gasteiger partial charge is 0.493 e. The van der Waals surface area contributed by atoms with Crippen LogP contribution in [0.4, 0.5) is 11.4 Å². The number of aryl methyl sites for hydroxylation is 1. The van der Waals surface area contributed by atoms with Crippen molar-refractivity contribution in [1.82, 2.24) is 0 Å². The molecule has 0 atom stereocenters. The van der Waals surface area contributed by atoms with Gasteiger partial charge in [-0.25, -0.2) is 0 Å². The third-order valence-corrected chi connectivity index (χ3v) is 3.02. The summed E-state index contributed by atoms with van der Waals surface area (Å²) < 4.78 is 10.5. The molecule has 2 aromatic rings. The van der Waals surface area contributed by atoms with E-state index in [2.05, 4.69) is 11.4 Å². The second-order valence-corrected chi connectivity index (χ2v) is 4.34. The molecule has 0 aromatic heterocycles. The second-order valence-electron chi connectivity index (χ2n) is 4.34. The first-order valence-corrected chi connectivity index (χ1v) is 6.17. The summed E-state index contributed by atoms with van der Waals surface area (Å²) in [7, 11) is 3.21. The average molecular weight is 268 g/mol. The lowest BCUT2D eigenvalue weighted by Gasteiger charge is -2.12. The van der Waals surface area contributed by atoms with Crippen LogP contribution in [-0.2, 0) is 0 Å². The quantitative estimate of drug-likeness (QED) is 0.920. The van der Waals surface area contributed by atoms with E-state index in [-0.39, 0.29) is 0 Å². The maximum absolute atomic E-state index is 8.92. The van der Waals surface area contributed by atoms with Crippen LogP contribution < -0.4 is 14.8 Å². The lowest BCUT2D eigenvalue weighted by atomic mass is 10.1. The monoisotopic (exact) mass is 268 g/mol. The molecule has 0 saturated carbocycles. The van der Waals surface area contributed by atoms with Crippen molar-refractivity contribution >= 4 is 11.4 Å². The number of rotatable bonds is 4. The fourth-order valence-electron chi connectivity index (χ4n) is 1.95. The third kappa shape index (κ3) is 2.83. The fourth-order valence-corrected chi connectivity index (χ4v) is 1.95. The molecule has 0 bridgehead atoms. The fraction of sp³-hybridized carbons (Fsp3) is 0.188. The van der Waals surface area contributed by atoms with Crippen molar-refractivity contribution in [2.45, 2.75) is 6.92 Å². The SMILES string of the molecule is COc1ccc(Nc2ccc(C#N)c(C)c2)cc1OC. The van der Waals surface area contributed by atoms with Gasteiger partial charge in [0.25, 0.3) is 0 Å². The molecule has 2 aromatic carbocycles. The summed E-state index contributed by atoms with van der Waals surface area (Å²) in [6, 6.07) is 13.4. The van der Waals surface area contributed by atoms with E-state index in [9.17, 15) is 0 Å². The summed E-state index contributed by atoms with van der Waals surface area (Å²) in [6.07, 6.45) is 0. The third-order valence-electron chi connectivity index (χ3n) is 3.02. The number of hydrogen-bond acceptors (Lipinski definition) is 4. The number of nitrogens with zero attached hydrogens (tertiary/aromatic N) is 1. The summed E-state index contributed by atoms with van der Waals surface area (Å²) >= 11 is 0. The lowest BCUT2D eigenvalue weighted by Crippen LogP contribution is -1.95. The van der Waals surface area contributed by atoms with Gasteiger partial charge in [0.15, 0.2) is 11.5 Å². The summed E-state index contributed by atoms with van der Waals surface area (Å²) in [6.45, 7) is 1.92. The zero-order valence-electron chi connectivity index (χ0n) is 11.7.